The fraction of sp³-hybridized carbons (Fsp3) is 0.231. The molecule has 3 heterocycles. The van der Waals surface area contributed by atoms with Crippen LogP contribution in [0.15, 0.2) is 65.2 Å². The number of amides is 1. The minimum Gasteiger partial charge on any atom is -0.495 e. The molecule has 11 nitrogen and oxygen atoms in total. The predicted octanol–water partition coefficient (Wildman–Crippen LogP) is 3.98. The third-order valence-corrected chi connectivity index (χ3v) is 6.02. The Bertz CT molecular complexity index is 1480. The number of carbonyl (C=O) groups excluding carboxylic acids is 1. The molecule has 0 atom stereocenters. The fourth-order valence-corrected chi connectivity index (χ4v) is 4.02. The maximum atomic E-state index is 11.6. The van der Waals surface area contributed by atoms with Crippen LogP contribution < -0.4 is 20.0 Å². The molecule has 0 saturated carbocycles. The Balaban J connectivity index is 0.000000470. The fourth-order valence-electron chi connectivity index (χ4n) is 4.02. The number of carboxylic acids is 1. The lowest BCUT2D eigenvalue weighted by Gasteiger charge is -2.37. The third kappa shape index (κ3) is 6.40. The number of benzene rings is 2. The summed E-state index contributed by atoms with van der Waals surface area (Å²) in [6, 6.07) is 16.8. The van der Waals surface area contributed by atoms with E-state index in [1.807, 2.05) is 30.3 Å². The minimum atomic E-state index is -5.08. The van der Waals surface area contributed by atoms with Gasteiger partial charge in [0, 0.05) is 37.9 Å². The molecule has 5 rings (SSSR count). The van der Waals surface area contributed by atoms with Crippen molar-refractivity contribution in [1.82, 2.24) is 15.4 Å². The third-order valence-electron chi connectivity index (χ3n) is 6.02. The number of piperazine rings is 1. The Morgan fingerprint density at radius 2 is 1.70 bits per heavy atom. The van der Waals surface area contributed by atoms with E-state index in [0.717, 1.165) is 49.0 Å². The number of methoxy groups -OCH3 is 1. The van der Waals surface area contributed by atoms with E-state index in [2.05, 4.69) is 25.8 Å². The van der Waals surface area contributed by atoms with Gasteiger partial charge in [-0.1, -0.05) is 12.1 Å². The van der Waals surface area contributed by atoms with E-state index in [4.69, 9.17) is 24.3 Å². The molecule has 1 saturated heterocycles. The average Bonchev–Trinajstić information content (AvgIpc) is 3.40. The molecule has 210 valence electrons. The van der Waals surface area contributed by atoms with Gasteiger partial charge in [0.1, 0.15) is 17.1 Å². The highest BCUT2D eigenvalue weighted by molar-refractivity contribution is 5.96. The number of nitrogens with one attached hydrogen (secondary N) is 1. The number of hydrogen-bond donors (Lipinski definition) is 3. The summed E-state index contributed by atoms with van der Waals surface area (Å²) in [5, 5.41) is 15.9. The summed E-state index contributed by atoms with van der Waals surface area (Å²) < 4.78 is 43.0. The highest BCUT2D eigenvalue weighted by Crippen LogP contribution is 2.30. The molecule has 0 bridgehead atoms. The SMILES string of the molecule is COc1ccccc1N1CCN(c2ccc(-c3nc4cc(C(=O)NO)ccc4o3)cn2)CC1.O=C(O)C(F)(F)F. The number of oxazole rings is 1. The lowest BCUT2D eigenvalue weighted by Crippen LogP contribution is -2.46. The number of nitrogens with zero attached hydrogens (tertiary/aromatic N) is 4. The first-order chi connectivity index (χ1) is 19.1. The van der Waals surface area contributed by atoms with Crippen LogP contribution in [-0.2, 0) is 4.79 Å². The van der Waals surface area contributed by atoms with Crippen LogP contribution in [-0.4, -0.2) is 71.6 Å². The predicted molar refractivity (Wildman–Crippen MR) is 138 cm³/mol. The zero-order chi connectivity index (χ0) is 28.9. The molecular weight excluding hydrogens is 535 g/mol. The smallest absolute Gasteiger partial charge is 0.490 e. The highest BCUT2D eigenvalue weighted by Gasteiger charge is 2.38. The second kappa shape index (κ2) is 11.9. The molecule has 1 amide bonds. The molecule has 1 aliphatic rings. The quantitative estimate of drug-likeness (QED) is 0.243. The molecule has 3 N–H and O–H groups in total. The van der Waals surface area contributed by atoms with E-state index in [0.29, 0.717) is 22.6 Å². The summed E-state index contributed by atoms with van der Waals surface area (Å²) >= 11 is 0. The number of ether oxygens (including phenoxy) is 1. The van der Waals surface area contributed by atoms with Crippen molar-refractivity contribution in [3.8, 4) is 17.2 Å². The molecule has 0 aliphatic carbocycles. The van der Waals surface area contributed by atoms with Crippen LogP contribution in [0.4, 0.5) is 24.7 Å². The van der Waals surface area contributed by atoms with Gasteiger partial charge in [-0.2, -0.15) is 13.2 Å². The largest absolute Gasteiger partial charge is 0.495 e. The normalized spacial score (nSPS) is 13.4. The van der Waals surface area contributed by atoms with Crippen molar-refractivity contribution in [3.05, 3.63) is 66.4 Å². The zero-order valence-electron chi connectivity index (χ0n) is 21.1. The number of rotatable bonds is 5. The molecular formula is C26H24F3N5O6. The van der Waals surface area contributed by atoms with Crippen molar-refractivity contribution in [1.29, 1.82) is 0 Å². The Kier molecular flexibility index (Phi) is 8.38. The first kappa shape index (κ1) is 28.2. The number of para-hydroxylation sites is 2. The summed E-state index contributed by atoms with van der Waals surface area (Å²) in [7, 11) is 1.70. The summed E-state index contributed by atoms with van der Waals surface area (Å²) in [5.41, 5.74) is 4.85. The molecule has 14 heteroatoms. The molecule has 0 spiro atoms. The highest BCUT2D eigenvalue weighted by atomic mass is 19.4. The molecule has 4 aromatic rings. The van der Waals surface area contributed by atoms with Crippen LogP contribution in [0.5, 0.6) is 5.75 Å². The Morgan fingerprint density at radius 1 is 1.02 bits per heavy atom. The summed E-state index contributed by atoms with van der Waals surface area (Å²) in [4.78, 5) is 34.2. The van der Waals surface area contributed by atoms with Crippen molar-refractivity contribution >= 4 is 34.5 Å². The number of carboxylic acid groups (broad SMARTS) is 1. The van der Waals surface area contributed by atoms with Gasteiger partial charge >= 0.3 is 12.1 Å². The monoisotopic (exact) mass is 559 g/mol. The average molecular weight is 560 g/mol. The number of alkyl halides is 3. The first-order valence-electron chi connectivity index (χ1n) is 11.8. The number of hydrogen-bond acceptors (Lipinski definition) is 9. The molecule has 2 aromatic heterocycles. The topological polar surface area (TPSA) is 141 Å². The molecule has 1 aliphatic heterocycles. The number of fused-ring (bicyclic) bond motifs is 1. The van der Waals surface area contributed by atoms with Crippen molar-refractivity contribution in [2.45, 2.75) is 6.18 Å². The van der Waals surface area contributed by atoms with Crippen LogP contribution in [0, 0.1) is 0 Å². The number of pyridine rings is 1. The number of aliphatic carboxylic acids is 1. The number of hydroxylamine groups is 1. The van der Waals surface area contributed by atoms with Gasteiger partial charge in [-0.15, -0.1) is 0 Å². The number of halogens is 3. The maximum absolute atomic E-state index is 11.6. The second-order valence-electron chi connectivity index (χ2n) is 8.50. The van der Waals surface area contributed by atoms with E-state index >= 15 is 0 Å². The van der Waals surface area contributed by atoms with Gasteiger partial charge in [-0.3, -0.25) is 10.0 Å². The van der Waals surface area contributed by atoms with Crippen LogP contribution in [0.2, 0.25) is 0 Å². The van der Waals surface area contributed by atoms with Crippen molar-refractivity contribution in [2.24, 2.45) is 0 Å². The Labute approximate surface area is 225 Å². The number of aromatic nitrogens is 2. The van der Waals surface area contributed by atoms with Gasteiger partial charge < -0.3 is 24.1 Å². The lowest BCUT2D eigenvalue weighted by molar-refractivity contribution is -0.192. The standard InChI is InChI=1S/C24H23N5O4.C2HF3O2/c1-32-21-5-3-2-4-19(21)28-10-12-29(13-11-28)22-9-7-17(15-25-22)24-26-18-14-16(23(30)27-31)6-8-20(18)33-24;3-2(4,5)1(6)7/h2-9,14-15,31H,10-13H2,1H3,(H,27,30);(H,6,7). The molecule has 2 aromatic carbocycles. The van der Waals surface area contributed by atoms with E-state index in [9.17, 15) is 18.0 Å². The first-order valence-corrected chi connectivity index (χ1v) is 11.8. The molecule has 1 fully saturated rings. The van der Waals surface area contributed by atoms with Crippen molar-refractivity contribution in [2.75, 3.05) is 43.1 Å². The van der Waals surface area contributed by atoms with Gasteiger partial charge in [-0.25, -0.2) is 20.2 Å². The lowest BCUT2D eigenvalue weighted by atomic mass is 10.2. The molecule has 40 heavy (non-hydrogen) atoms. The number of carbonyl (C=O) groups is 2. The van der Waals surface area contributed by atoms with Gasteiger partial charge in [0.2, 0.25) is 5.89 Å². The van der Waals surface area contributed by atoms with E-state index in [-0.39, 0.29) is 0 Å². The van der Waals surface area contributed by atoms with E-state index < -0.39 is 18.1 Å². The van der Waals surface area contributed by atoms with Crippen molar-refractivity contribution in [3.63, 3.8) is 0 Å². The van der Waals surface area contributed by atoms with Gasteiger partial charge in [0.15, 0.2) is 5.58 Å². The van der Waals surface area contributed by atoms with Gasteiger partial charge in [-0.05, 0) is 42.5 Å². The van der Waals surface area contributed by atoms with E-state index in [1.54, 1.807) is 37.0 Å². The molecule has 0 unspecified atom stereocenters. The van der Waals surface area contributed by atoms with Gasteiger partial charge in [0.25, 0.3) is 5.91 Å². The van der Waals surface area contributed by atoms with E-state index in [1.165, 1.54) is 0 Å². The summed E-state index contributed by atoms with van der Waals surface area (Å²) in [6.45, 7) is 3.45. The molecule has 0 radical (unpaired) electrons. The van der Waals surface area contributed by atoms with Crippen LogP contribution in [0.25, 0.3) is 22.6 Å². The second-order valence-corrected chi connectivity index (χ2v) is 8.50. The Morgan fingerprint density at radius 3 is 2.30 bits per heavy atom. The minimum absolute atomic E-state index is 0.297. The maximum Gasteiger partial charge on any atom is 0.490 e. The Hall–Kier alpha value is -4.85. The number of anilines is 2. The zero-order valence-corrected chi connectivity index (χ0v) is 21.1. The van der Waals surface area contributed by atoms with Crippen LogP contribution in [0.3, 0.4) is 0 Å². The van der Waals surface area contributed by atoms with Crippen LogP contribution >= 0.6 is 0 Å². The van der Waals surface area contributed by atoms with Crippen molar-refractivity contribution < 1.29 is 42.2 Å². The summed E-state index contributed by atoms with van der Waals surface area (Å²) in [6.07, 6.45) is -3.34. The van der Waals surface area contributed by atoms with Gasteiger partial charge in [0.05, 0.1) is 18.4 Å². The summed E-state index contributed by atoms with van der Waals surface area (Å²) in [5.74, 6) is -1.15. The van der Waals surface area contributed by atoms with Crippen LogP contribution in [0.1, 0.15) is 10.4 Å².